The second-order valence-corrected chi connectivity index (χ2v) is 9.71. The van der Waals surface area contributed by atoms with Gasteiger partial charge in [-0.1, -0.05) is 45.9 Å². The predicted molar refractivity (Wildman–Crippen MR) is 129 cm³/mol. The van der Waals surface area contributed by atoms with E-state index in [4.69, 9.17) is 4.42 Å². The lowest BCUT2D eigenvalue weighted by molar-refractivity contribution is 0.0872. The number of ketones is 1. The van der Waals surface area contributed by atoms with Crippen LogP contribution in [0.4, 0.5) is 5.69 Å². The molecule has 1 atom stereocenters. The van der Waals surface area contributed by atoms with Crippen LogP contribution in [0.3, 0.4) is 0 Å². The molecule has 2 aromatic carbocycles. The average Bonchev–Trinajstić information content (AvgIpc) is 3.46. The number of oxazole rings is 1. The standard InChI is InChI=1S/C28H30N2O2/c1-5-28(6-2)13-20-8-7-19(11-22(20)25(31)14-28)27-30-16-26(32-27)18-9-10-21-23(17(3)4)15-29-24(21)12-18/h7-12,15-17,23H,5-6,13-14H2,1-4H3. The Bertz CT molecular complexity index is 1210. The Kier molecular flexibility index (Phi) is 5.11. The molecule has 0 saturated carbocycles. The van der Waals surface area contributed by atoms with Crippen molar-refractivity contribution in [2.45, 2.75) is 59.3 Å². The molecule has 4 nitrogen and oxygen atoms in total. The van der Waals surface area contributed by atoms with E-state index in [1.165, 1.54) is 5.56 Å². The smallest absolute Gasteiger partial charge is 0.226 e. The Hall–Kier alpha value is -3.01. The Morgan fingerprint density at radius 3 is 2.59 bits per heavy atom. The molecule has 4 heteroatoms. The van der Waals surface area contributed by atoms with Crippen molar-refractivity contribution in [1.29, 1.82) is 0 Å². The van der Waals surface area contributed by atoms with Crippen molar-refractivity contribution in [3.05, 3.63) is 59.3 Å². The molecule has 3 aromatic rings. The lowest BCUT2D eigenvalue weighted by atomic mass is 9.68. The van der Waals surface area contributed by atoms with Gasteiger partial charge in [-0.15, -0.1) is 0 Å². The molecule has 0 saturated heterocycles. The van der Waals surface area contributed by atoms with Crippen LogP contribution in [0.2, 0.25) is 0 Å². The van der Waals surface area contributed by atoms with Gasteiger partial charge in [-0.2, -0.15) is 0 Å². The molecule has 1 unspecified atom stereocenters. The average molecular weight is 427 g/mol. The highest BCUT2D eigenvalue weighted by Crippen LogP contribution is 2.42. The fourth-order valence-corrected chi connectivity index (χ4v) is 5.18. The van der Waals surface area contributed by atoms with Gasteiger partial charge in [0, 0.05) is 35.2 Å². The Morgan fingerprint density at radius 1 is 1.06 bits per heavy atom. The van der Waals surface area contributed by atoms with E-state index in [-0.39, 0.29) is 11.2 Å². The fourth-order valence-electron chi connectivity index (χ4n) is 5.18. The van der Waals surface area contributed by atoms with Crippen LogP contribution >= 0.6 is 0 Å². The normalized spacial score (nSPS) is 18.8. The van der Waals surface area contributed by atoms with Crippen LogP contribution in [0.15, 0.2) is 52.0 Å². The summed E-state index contributed by atoms with van der Waals surface area (Å²) in [5.41, 5.74) is 6.17. The highest BCUT2D eigenvalue weighted by atomic mass is 16.4. The summed E-state index contributed by atoms with van der Waals surface area (Å²) in [7, 11) is 0. The highest BCUT2D eigenvalue weighted by molar-refractivity contribution is 6.00. The lowest BCUT2D eigenvalue weighted by Crippen LogP contribution is -2.31. The van der Waals surface area contributed by atoms with Gasteiger partial charge in [0.15, 0.2) is 11.5 Å². The van der Waals surface area contributed by atoms with Crippen molar-refractivity contribution in [2.24, 2.45) is 16.3 Å². The summed E-state index contributed by atoms with van der Waals surface area (Å²) in [5, 5.41) is 0. The maximum Gasteiger partial charge on any atom is 0.226 e. The van der Waals surface area contributed by atoms with E-state index >= 15 is 0 Å². The summed E-state index contributed by atoms with van der Waals surface area (Å²) in [6.07, 6.45) is 7.45. The van der Waals surface area contributed by atoms with Gasteiger partial charge in [0.2, 0.25) is 5.89 Å². The number of carbonyl (C=O) groups is 1. The molecule has 5 rings (SSSR count). The van der Waals surface area contributed by atoms with Gasteiger partial charge in [0.25, 0.3) is 0 Å². The molecule has 1 aliphatic heterocycles. The van der Waals surface area contributed by atoms with Gasteiger partial charge in [-0.25, -0.2) is 4.98 Å². The minimum atomic E-state index is 0.104. The third kappa shape index (κ3) is 3.42. The van der Waals surface area contributed by atoms with E-state index < -0.39 is 0 Å². The van der Waals surface area contributed by atoms with E-state index in [1.54, 1.807) is 6.20 Å². The number of benzene rings is 2. The predicted octanol–water partition coefficient (Wildman–Crippen LogP) is 7.40. The monoisotopic (exact) mass is 426 g/mol. The Morgan fingerprint density at radius 2 is 1.84 bits per heavy atom. The molecule has 0 fully saturated rings. The largest absolute Gasteiger partial charge is 0.436 e. The third-order valence-corrected chi connectivity index (χ3v) is 7.53. The zero-order valence-electron chi connectivity index (χ0n) is 19.3. The van der Waals surface area contributed by atoms with E-state index in [0.717, 1.165) is 47.2 Å². The minimum absolute atomic E-state index is 0.104. The maximum absolute atomic E-state index is 12.9. The van der Waals surface area contributed by atoms with Crippen LogP contribution in [0.5, 0.6) is 0 Å². The van der Waals surface area contributed by atoms with Crippen LogP contribution < -0.4 is 0 Å². The molecule has 2 heterocycles. The summed E-state index contributed by atoms with van der Waals surface area (Å²) in [6, 6.07) is 12.4. The van der Waals surface area contributed by atoms with Crippen LogP contribution in [-0.4, -0.2) is 17.0 Å². The Labute approximate surface area is 189 Å². The van der Waals surface area contributed by atoms with Crippen molar-refractivity contribution >= 4 is 17.7 Å². The van der Waals surface area contributed by atoms with E-state index in [2.05, 4.69) is 61.9 Å². The first kappa shape index (κ1) is 20.9. The fraction of sp³-hybridized carbons (Fsp3) is 0.393. The minimum Gasteiger partial charge on any atom is -0.436 e. The second kappa shape index (κ2) is 7.84. The number of hydrogen-bond acceptors (Lipinski definition) is 4. The summed E-state index contributed by atoms with van der Waals surface area (Å²) >= 11 is 0. The topological polar surface area (TPSA) is 55.5 Å². The summed E-state index contributed by atoms with van der Waals surface area (Å²) in [6.45, 7) is 8.82. The molecule has 164 valence electrons. The molecule has 1 aliphatic carbocycles. The van der Waals surface area contributed by atoms with Crippen molar-refractivity contribution < 1.29 is 9.21 Å². The first-order valence-corrected chi connectivity index (χ1v) is 11.7. The SMILES string of the molecule is CCC1(CC)CC(=O)c2cc(-c3ncc(-c4ccc5c(c4)N=CC5C(C)C)o3)ccc2C1. The van der Waals surface area contributed by atoms with Crippen molar-refractivity contribution in [3.63, 3.8) is 0 Å². The van der Waals surface area contributed by atoms with Gasteiger partial charge in [0.1, 0.15) is 0 Å². The van der Waals surface area contributed by atoms with Gasteiger partial charge < -0.3 is 4.42 Å². The number of fused-ring (bicyclic) bond motifs is 2. The molecule has 1 aromatic heterocycles. The molecule has 2 aliphatic rings. The third-order valence-electron chi connectivity index (χ3n) is 7.53. The molecule has 0 amide bonds. The number of hydrogen-bond donors (Lipinski definition) is 0. The maximum atomic E-state index is 12.9. The van der Waals surface area contributed by atoms with Crippen molar-refractivity contribution in [2.75, 3.05) is 0 Å². The van der Waals surface area contributed by atoms with Crippen molar-refractivity contribution in [3.8, 4) is 22.8 Å². The number of aromatic nitrogens is 1. The van der Waals surface area contributed by atoms with Gasteiger partial charge in [-0.3, -0.25) is 9.79 Å². The zero-order chi connectivity index (χ0) is 22.5. The first-order chi connectivity index (χ1) is 15.4. The van der Waals surface area contributed by atoms with Gasteiger partial charge in [0.05, 0.1) is 11.9 Å². The van der Waals surface area contributed by atoms with Crippen LogP contribution in [0.1, 0.15) is 74.4 Å². The molecule has 32 heavy (non-hydrogen) atoms. The lowest BCUT2D eigenvalue weighted by Gasteiger charge is -2.36. The first-order valence-electron chi connectivity index (χ1n) is 11.7. The van der Waals surface area contributed by atoms with Crippen molar-refractivity contribution in [1.82, 2.24) is 4.98 Å². The Balaban J connectivity index is 1.44. The summed E-state index contributed by atoms with van der Waals surface area (Å²) in [5.74, 6) is 2.39. The van der Waals surface area contributed by atoms with Crippen LogP contribution in [0, 0.1) is 11.3 Å². The molecule has 0 spiro atoms. The zero-order valence-corrected chi connectivity index (χ0v) is 19.3. The summed E-state index contributed by atoms with van der Waals surface area (Å²) in [4.78, 5) is 22.1. The molecule has 0 N–H and O–H groups in total. The van der Waals surface area contributed by atoms with E-state index in [1.807, 2.05) is 18.3 Å². The number of Topliss-reactive ketones (excluding diaryl/α,β-unsaturated/α-hetero) is 1. The highest BCUT2D eigenvalue weighted by Gasteiger charge is 2.36. The quantitative estimate of drug-likeness (QED) is 0.427. The number of rotatable bonds is 5. The molecule has 0 radical (unpaired) electrons. The van der Waals surface area contributed by atoms with Gasteiger partial charge >= 0.3 is 0 Å². The van der Waals surface area contributed by atoms with E-state index in [0.29, 0.717) is 29.9 Å². The number of carbonyl (C=O) groups excluding carboxylic acids is 1. The van der Waals surface area contributed by atoms with Crippen LogP contribution in [-0.2, 0) is 6.42 Å². The molecular formula is C28H30N2O2. The molecule has 0 bridgehead atoms. The molecular weight excluding hydrogens is 396 g/mol. The second-order valence-electron chi connectivity index (χ2n) is 9.71. The summed E-state index contributed by atoms with van der Waals surface area (Å²) < 4.78 is 6.13. The van der Waals surface area contributed by atoms with Crippen LogP contribution in [0.25, 0.3) is 22.8 Å². The van der Waals surface area contributed by atoms with E-state index in [9.17, 15) is 4.79 Å². The number of aliphatic imine (C=N–C) groups is 1. The number of nitrogens with zero attached hydrogens (tertiary/aromatic N) is 2. The van der Waals surface area contributed by atoms with Gasteiger partial charge in [-0.05, 0) is 59.9 Å².